The van der Waals surface area contributed by atoms with Crippen LogP contribution in [-0.4, -0.2) is 29.7 Å². The van der Waals surface area contributed by atoms with Gasteiger partial charge in [-0.05, 0) is 30.2 Å². The summed E-state index contributed by atoms with van der Waals surface area (Å²) in [6, 6.07) is 2.04. The number of ether oxygens (including phenoxy) is 1. The zero-order valence-electron chi connectivity index (χ0n) is 9.56. The summed E-state index contributed by atoms with van der Waals surface area (Å²) in [5.74, 6) is 1.44. The maximum atomic E-state index is 5.35. The van der Waals surface area contributed by atoms with Gasteiger partial charge in [0, 0.05) is 31.3 Å². The average Bonchev–Trinajstić information content (AvgIpc) is 2.98. The fraction of sp³-hybridized carbons (Fsp3) is 0.500. The normalized spacial score (nSPS) is 19.9. The summed E-state index contributed by atoms with van der Waals surface area (Å²) in [6.45, 7) is 2.75. The number of aromatic nitrogens is 2. The third kappa shape index (κ3) is 2.56. The van der Waals surface area contributed by atoms with Gasteiger partial charge >= 0.3 is 0 Å². The van der Waals surface area contributed by atoms with Crippen molar-refractivity contribution in [3.63, 3.8) is 0 Å². The molecule has 17 heavy (non-hydrogen) atoms. The molecule has 0 aromatic carbocycles. The van der Waals surface area contributed by atoms with Crippen LogP contribution in [0.5, 0.6) is 0 Å². The van der Waals surface area contributed by atoms with Crippen molar-refractivity contribution in [3.8, 4) is 0 Å². The van der Waals surface area contributed by atoms with E-state index in [1.807, 2.05) is 17.6 Å². The second-order valence-electron chi connectivity index (χ2n) is 4.32. The first-order valence-corrected chi connectivity index (χ1v) is 6.81. The highest BCUT2D eigenvalue weighted by atomic mass is 32.1. The van der Waals surface area contributed by atoms with E-state index in [1.165, 1.54) is 6.42 Å². The van der Waals surface area contributed by atoms with Crippen molar-refractivity contribution in [1.29, 1.82) is 0 Å². The molecule has 3 rings (SSSR count). The molecule has 1 N–H and O–H groups in total. The SMILES string of the molecule is c1cc2cnc(NCCC3CCOC3)nc2s1. The van der Waals surface area contributed by atoms with Crippen LogP contribution in [-0.2, 0) is 4.74 Å². The molecule has 0 saturated carbocycles. The van der Waals surface area contributed by atoms with E-state index in [1.54, 1.807) is 11.3 Å². The van der Waals surface area contributed by atoms with Crippen molar-refractivity contribution >= 4 is 27.5 Å². The fourth-order valence-corrected chi connectivity index (χ4v) is 2.78. The second kappa shape index (κ2) is 4.98. The first kappa shape index (κ1) is 10.9. The third-order valence-corrected chi connectivity index (χ3v) is 3.89. The molecule has 1 fully saturated rings. The van der Waals surface area contributed by atoms with Crippen LogP contribution in [0.4, 0.5) is 5.95 Å². The lowest BCUT2D eigenvalue weighted by Crippen LogP contribution is -2.10. The summed E-state index contributed by atoms with van der Waals surface area (Å²) >= 11 is 1.65. The molecule has 0 aliphatic carbocycles. The Bertz CT molecular complexity index is 493. The predicted octanol–water partition coefficient (Wildman–Crippen LogP) is 2.53. The molecule has 1 aliphatic heterocycles. The van der Waals surface area contributed by atoms with E-state index in [0.29, 0.717) is 5.92 Å². The van der Waals surface area contributed by atoms with Crippen LogP contribution < -0.4 is 5.32 Å². The fourth-order valence-electron chi connectivity index (χ4n) is 2.04. The van der Waals surface area contributed by atoms with E-state index < -0.39 is 0 Å². The Hall–Kier alpha value is -1.20. The third-order valence-electron chi connectivity index (χ3n) is 3.07. The maximum absolute atomic E-state index is 5.35. The largest absolute Gasteiger partial charge is 0.381 e. The lowest BCUT2D eigenvalue weighted by molar-refractivity contribution is 0.185. The Morgan fingerprint density at radius 1 is 1.53 bits per heavy atom. The van der Waals surface area contributed by atoms with Gasteiger partial charge in [-0.3, -0.25) is 0 Å². The molecule has 0 spiro atoms. The van der Waals surface area contributed by atoms with Gasteiger partial charge in [-0.2, -0.15) is 0 Å². The first-order valence-electron chi connectivity index (χ1n) is 5.94. The van der Waals surface area contributed by atoms with Gasteiger partial charge in [-0.15, -0.1) is 11.3 Å². The summed E-state index contributed by atoms with van der Waals surface area (Å²) in [4.78, 5) is 9.81. The molecule has 90 valence electrons. The number of hydrogen-bond acceptors (Lipinski definition) is 5. The minimum Gasteiger partial charge on any atom is -0.381 e. The van der Waals surface area contributed by atoms with Gasteiger partial charge in [0.15, 0.2) is 0 Å². The molecular weight excluding hydrogens is 234 g/mol. The van der Waals surface area contributed by atoms with Gasteiger partial charge < -0.3 is 10.1 Å². The van der Waals surface area contributed by atoms with Crippen LogP contribution in [0.25, 0.3) is 10.2 Å². The summed E-state index contributed by atoms with van der Waals surface area (Å²) < 4.78 is 5.35. The molecule has 1 unspecified atom stereocenters. The van der Waals surface area contributed by atoms with Gasteiger partial charge in [0.2, 0.25) is 5.95 Å². The molecule has 1 atom stereocenters. The number of thiophene rings is 1. The Morgan fingerprint density at radius 3 is 3.41 bits per heavy atom. The highest BCUT2D eigenvalue weighted by Gasteiger charge is 2.14. The molecule has 4 nitrogen and oxygen atoms in total. The van der Waals surface area contributed by atoms with Crippen molar-refractivity contribution < 1.29 is 4.74 Å². The average molecular weight is 249 g/mol. The first-order chi connectivity index (χ1) is 8.42. The Labute approximate surface area is 104 Å². The molecule has 5 heteroatoms. The lowest BCUT2D eigenvalue weighted by atomic mass is 10.1. The monoisotopic (exact) mass is 249 g/mol. The zero-order valence-corrected chi connectivity index (χ0v) is 10.4. The Morgan fingerprint density at radius 2 is 2.53 bits per heavy atom. The number of nitrogens with zero attached hydrogens (tertiary/aromatic N) is 2. The summed E-state index contributed by atoms with van der Waals surface area (Å²) in [6.07, 6.45) is 4.19. The van der Waals surface area contributed by atoms with Gasteiger partial charge in [-0.1, -0.05) is 0 Å². The van der Waals surface area contributed by atoms with E-state index in [9.17, 15) is 0 Å². The van der Waals surface area contributed by atoms with E-state index in [0.717, 1.165) is 42.3 Å². The van der Waals surface area contributed by atoms with Crippen molar-refractivity contribution in [2.45, 2.75) is 12.8 Å². The molecule has 3 heterocycles. The van der Waals surface area contributed by atoms with Gasteiger partial charge in [-0.25, -0.2) is 9.97 Å². The van der Waals surface area contributed by atoms with E-state index in [2.05, 4.69) is 15.3 Å². The standard InChI is InChI=1S/C12H15N3OS/c1(9-2-5-16-8-9)4-13-12-14-7-10-3-6-17-11(10)15-12/h3,6-7,9H,1-2,4-5,8H2,(H,13,14,15). The van der Waals surface area contributed by atoms with Crippen LogP contribution in [0.15, 0.2) is 17.6 Å². The predicted molar refractivity (Wildman–Crippen MR) is 69.4 cm³/mol. The van der Waals surface area contributed by atoms with Crippen LogP contribution >= 0.6 is 11.3 Å². The summed E-state index contributed by atoms with van der Waals surface area (Å²) in [7, 11) is 0. The van der Waals surface area contributed by atoms with Crippen LogP contribution in [0.3, 0.4) is 0 Å². The molecule has 0 radical (unpaired) electrons. The number of hydrogen-bond donors (Lipinski definition) is 1. The molecule has 0 amide bonds. The molecule has 1 saturated heterocycles. The molecule has 0 bridgehead atoms. The van der Waals surface area contributed by atoms with Crippen LogP contribution in [0.2, 0.25) is 0 Å². The van der Waals surface area contributed by atoms with Crippen molar-refractivity contribution in [1.82, 2.24) is 9.97 Å². The van der Waals surface area contributed by atoms with E-state index >= 15 is 0 Å². The second-order valence-corrected chi connectivity index (χ2v) is 5.21. The Balaban J connectivity index is 1.56. The van der Waals surface area contributed by atoms with Crippen LogP contribution in [0.1, 0.15) is 12.8 Å². The maximum Gasteiger partial charge on any atom is 0.224 e. The minimum atomic E-state index is 0.702. The number of fused-ring (bicyclic) bond motifs is 1. The van der Waals surface area contributed by atoms with Crippen molar-refractivity contribution in [3.05, 3.63) is 17.6 Å². The highest BCUT2D eigenvalue weighted by Crippen LogP contribution is 2.19. The summed E-state index contributed by atoms with van der Waals surface area (Å²) in [5.41, 5.74) is 0. The molecule has 2 aromatic rings. The minimum absolute atomic E-state index is 0.702. The van der Waals surface area contributed by atoms with Crippen LogP contribution in [0, 0.1) is 5.92 Å². The van der Waals surface area contributed by atoms with Gasteiger partial charge in [0.05, 0.1) is 0 Å². The number of anilines is 1. The molecule has 2 aromatic heterocycles. The highest BCUT2D eigenvalue weighted by molar-refractivity contribution is 7.16. The number of nitrogens with one attached hydrogen (secondary N) is 1. The zero-order chi connectivity index (χ0) is 11.5. The quantitative estimate of drug-likeness (QED) is 0.904. The topological polar surface area (TPSA) is 47.0 Å². The lowest BCUT2D eigenvalue weighted by Gasteiger charge is -2.08. The van der Waals surface area contributed by atoms with E-state index in [-0.39, 0.29) is 0 Å². The molecule has 1 aliphatic rings. The van der Waals surface area contributed by atoms with Gasteiger partial charge in [0.1, 0.15) is 4.83 Å². The molecular formula is C12H15N3OS. The number of rotatable bonds is 4. The van der Waals surface area contributed by atoms with Crippen molar-refractivity contribution in [2.75, 3.05) is 25.1 Å². The van der Waals surface area contributed by atoms with E-state index in [4.69, 9.17) is 4.74 Å². The van der Waals surface area contributed by atoms with Crippen molar-refractivity contribution in [2.24, 2.45) is 5.92 Å². The Kier molecular flexibility index (Phi) is 3.20. The summed E-state index contributed by atoms with van der Waals surface area (Å²) in [5, 5.41) is 6.44. The van der Waals surface area contributed by atoms with Gasteiger partial charge in [0.25, 0.3) is 0 Å². The smallest absolute Gasteiger partial charge is 0.224 e.